The number of carbonyl (C=O) groups is 3. The molecule has 0 fully saturated rings. The van der Waals surface area contributed by atoms with Crippen molar-refractivity contribution in [3.63, 3.8) is 0 Å². The van der Waals surface area contributed by atoms with Gasteiger partial charge in [-0.25, -0.2) is 14.4 Å². The van der Waals surface area contributed by atoms with Crippen LogP contribution in [0.25, 0.3) is 0 Å². The number of aliphatic hydroxyl groups is 1. The van der Waals surface area contributed by atoms with Crippen LogP contribution in [-0.4, -0.2) is 51.7 Å². The van der Waals surface area contributed by atoms with Gasteiger partial charge in [0.25, 0.3) is 0 Å². The number of alkyl carbamates (subject to hydrolysis) is 2. The molecule has 0 aliphatic rings. The van der Waals surface area contributed by atoms with E-state index in [4.69, 9.17) is 41.9 Å². The first-order chi connectivity index (χ1) is 24.3. The van der Waals surface area contributed by atoms with E-state index < -0.39 is 36.0 Å². The highest BCUT2D eigenvalue weighted by Gasteiger charge is 2.28. The molecule has 1 aromatic heterocycles. The highest BCUT2D eigenvalue weighted by molar-refractivity contribution is 6.42. The Morgan fingerprint density at radius 1 is 0.863 bits per heavy atom. The molecule has 3 aromatic carbocycles. The third-order valence-electron chi connectivity index (χ3n) is 7.17. The maximum Gasteiger partial charge on any atom is 0.412 e. The van der Waals surface area contributed by atoms with E-state index in [2.05, 4.69) is 26.1 Å². The Hall–Kier alpha value is -4.85. The quantitative estimate of drug-likeness (QED) is 0.0907. The maximum atomic E-state index is 12.7. The Bertz CT molecular complexity index is 1730. The van der Waals surface area contributed by atoms with Gasteiger partial charge >= 0.3 is 18.3 Å². The summed E-state index contributed by atoms with van der Waals surface area (Å²) in [4.78, 5) is 41.3. The molecule has 0 saturated carbocycles. The Morgan fingerprint density at radius 2 is 1.59 bits per heavy atom. The van der Waals surface area contributed by atoms with Crippen molar-refractivity contribution in [1.29, 1.82) is 0 Å². The van der Waals surface area contributed by atoms with Gasteiger partial charge in [0.1, 0.15) is 24.1 Å². The molecular weight excluding hydrogens is 701 g/mol. The lowest BCUT2D eigenvalue weighted by Gasteiger charge is -2.22. The summed E-state index contributed by atoms with van der Waals surface area (Å²) in [7, 11) is 0. The molecule has 0 aliphatic carbocycles. The second-order valence-corrected chi connectivity index (χ2v) is 13.4. The first kappa shape index (κ1) is 38.9. The Morgan fingerprint density at radius 3 is 2.29 bits per heavy atom. The largest absolute Gasteiger partial charge is 0.445 e. The van der Waals surface area contributed by atoms with E-state index in [0.717, 1.165) is 16.7 Å². The van der Waals surface area contributed by atoms with Gasteiger partial charge in [-0.2, -0.15) is 4.98 Å². The molecule has 0 aliphatic heterocycles. The molecular formula is C36H41Cl2N5O8. The fraction of sp³-hybridized carbons (Fsp3) is 0.361. The summed E-state index contributed by atoms with van der Waals surface area (Å²) in [5.41, 5.74) is 1.74. The van der Waals surface area contributed by atoms with E-state index in [1.807, 2.05) is 30.3 Å². The maximum absolute atomic E-state index is 12.7. The third kappa shape index (κ3) is 13.8. The number of nitrogens with zero attached hydrogens (tertiary/aromatic N) is 2. The van der Waals surface area contributed by atoms with Crippen molar-refractivity contribution in [2.45, 2.75) is 77.4 Å². The summed E-state index contributed by atoms with van der Waals surface area (Å²) in [6.45, 7) is 5.94. The summed E-state index contributed by atoms with van der Waals surface area (Å²) in [5, 5.41) is 24.0. The first-order valence-electron chi connectivity index (χ1n) is 16.3. The minimum atomic E-state index is -1.32. The molecule has 4 aromatic rings. The van der Waals surface area contributed by atoms with Crippen LogP contribution < -0.4 is 20.7 Å². The van der Waals surface area contributed by atoms with Gasteiger partial charge in [0.05, 0.1) is 22.5 Å². The molecule has 0 bridgehead atoms. The number of nitrogens with one attached hydrogen (secondary N) is 3. The number of hydrogen-bond donors (Lipinski definition) is 4. The molecule has 3 amide bonds. The number of aliphatic hydroxyl groups excluding tert-OH is 1. The van der Waals surface area contributed by atoms with Gasteiger partial charge in [0.2, 0.25) is 11.7 Å². The fourth-order valence-electron chi connectivity index (χ4n) is 4.68. The van der Waals surface area contributed by atoms with Crippen molar-refractivity contribution in [3.8, 4) is 5.75 Å². The van der Waals surface area contributed by atoms with Crippen LogP contribution in [-0.2, 0) is 29.0 Å². The summed E-state index contributed by atoms with van der Waals surface area (Å²) in [6, 6.07) is 20.2. The molecule has 0 spiro atoms. The van der Waals surface area contributed by atoms with Crippen LogP contribution in [0.15, 0.2) is 77.3 Å². The standard InChI is InChI=1S/C36H41Cl2N5O8/c1-36(2,3)50-34(46)39-18-8-7-11-29(41-35(47)48-22-24-9-5-4-6-10-24)31(44)32-42-30(51-43-32)20-23-12-15-26(16-13-23)49-33(45)40-21-25-14-17-27(37)28(38)19-25/h4-6,9-10,12-17,19,29,31,44H,7-8,11,18,20-22H2,1-3H3,(H,39,46)(H,40,45)(H,41,47). The molecule has 272 valence electrons. The molecule has 2 atom stereocenters. The highest BCUT2D eigenvalue weighted by atomic mass is 35.5. The van der Waals surface area contributed by atoms with E-state index in [-0.39, 0.29) is 31.3 Å². The normalized spacial score (nSPS) is 12.4. The van der Waals surface area contributed by atoms with Gasteiger partial charge in [-0.1, -0.05) is 76.9 Å². The minimum Gasteiger partial charge on any atom is -0.445 e. The summed E-state index contributed by atoms with van der Waals surface area (Å²) in [5.74, 6) is 0.536. The number of halogens is 2. The molecule has 1 heterocycles. The SMILES string of the molecule is CC(C)(C)OC(=O)NCCCCC(NC(=O)OCc1ccccc1)C(O)c1noc(Cc2ccc(OC(=O)NCc3ccc(Cl)c(Cl)c3)cc2)n1. The Labute approximate surface area is 306 Å². The average molecular weight is 743 g/mol. The number of ether oxygens (including phenoxy) is 3. The van der Waals surface area contributed by atoms with Gasteiger partial charge in [-0.05, 0) is 81.0 Å². The molecule has 4 rings (SSSR count). The van der Waals surface area contributed by atoms with Crippen LogP contribution in [0, 0.1) is 0 Å². The third-order valence-corrected chi connectivity index (χ3v) is 7.90. The zero-order valence-electron chi connectivity index (χ0n) is 28.5. The zero-order chi connectivity index (χ0) is 36.8. The van der Waals surface area contributed by atoms with Crippen LogP contribution >= 0.6 is 23.2 Å². The van der Waals surface area contributed by atoms with E-state index in [0.29, 0.717) is 41.6 Å². The molecule has 15 heteroatoms. The fourth-order valence-corrected chi connectivity index (χ4v) is 5.00. The number of carbonyl (C=O) groups excluding carboxylic acids is 3. The van der Waals surface area contributed by atoms with Gasteiger partial charge in [-0.15, -0.1) is 0 Å². The molecule has 51 heavy (non-hydrogen) atoms. The first-order valence-corrected chi connectivity index (χ1v) is 17.0. The van der Waals surface area contributed by atoms with Gasteiger partial charge in [0, 0.05) is 13.1 Å². The lowest BCUT2D eigenvalue weighted by atomic mass is 10.0. The average Bonchev–Trinajstić information content (AvgIpc) is 3.56. The van der Waals surface area contributed by atoms with E-state index in [9.17, 15) is 19.5 Å². The van der Waals surface area contributed by atoms with Crippen molar-refractivity contribution in [2.75, 3.05) is 6.54 Å². The topological polar surface area (TPSA) is 174 Å². The van der Waals surface area contributed by atoms with Crippen LogP contribution in [0.4, 0.5) is 14.4 Å². The predicted octanol–water partition coefficient (Wildman–Crippen LogP) is 7.28. The molecule has 4 N–H and O–H groups in total. The second-order valence-electron chi connectivity index (χ2n) is 12.5. The summed E-state index contributed by atoms with van der Waals surface area (Å²) in [6.07, 6.45) is -1.56. The number of aromatic nitrogens is 2. The predicted molar refractivity (Wildman–Crippen MR) is 189 cm³/mol. The monoisotopic (exact) mass is 741 g/mol. The second kappa shape index (κ2) is 18.9. The number of unbranched alkanes of at least 4 members (excludes halogenated alkanes) is 1. The van der Waals surface area contributed by atoms with Crippen molar-refractivity contribution in [1.82, 2.24) is 26.1 Å². The molecule has 0 radical (unpaired) electrons. The van der Waals surface area contributed by atoms with Crippen molar-refractivity contribution >= 4 is 41.5 Å². The van der Waals surface area contributed by atoms with E-state index >= 15 is 0 Å². The summed E-state index contributed by atoms with van der Waals surface area (Å²) >= 11 is 12.0. The van der Waals surface area contributed by atoms with E-state index in [1.54, 1.807) is 63.2 Å². The van der Waals surface area contributed by atoms with Gasteiger partial charge < -0.3 is 39.8 Å². The Kier molecular flexibility index (Phi) is 14.5. The molecule has 2 unspecified atom stereocenters. The van der Waals surface area contributed by atoms with E-state index in [1.165, 1.54) is 0 Å². The number of hydrogen-bond acceptors (Lipinski definition) is 10. The Balaban J connectivity index is 1.30. The lowest BCUT2D eigenvalue weighted by molar-refractivity contribution is 0.0526. The van der Waals surface area contributed by atoms with Crippen LogP contribution in [0.1, 0.15) is 74.5 Å². The highest BCUT2D eigenvalue weighted by Crippen LogP contribution is 2.23. The van der Waals surface area contributed by atoms with Crippen LogP contribution in [0.3, 0.4) is 0 Å². The van der Waals surface area contributed by atoms with Crippen LogP contribution in [0.5, 0.6) is 5.75 Å². The van der Waals surface area contributed by atoms with Crippen molar-refractivity contribution < 1.29 is 38.2 Å². The van der Waals surface area contributed by atoms with Gasteiger partial charge in [0.15, 0.2) is 0 Å². The zero-order valence-corrected chi connectivity index (χ0v) is 30.0. The minimum absolute atomic E-state index is 0.0103. The number of rotatable bonds is 15. The van der Waals surface area contributed by atoms with Gasteiger partial charge in [-0.3, -0.25) is 0 Å². The molecule has 0 saturated heterocycles. The summed E-state index contributed by atoms with van der Waals surface area (Å²) < 4.78 is 21.4. The smallest absolute Gasteiger partial charge is 0.412 e. The lowest BCUT2D eigenvalue weighted by Crippen LogP contribution is -2.40. The molecule has 13 nitrogen and oxygen atoms in total. The van der Waals surface area contributed by atoms with Crippen LogP contribution in [0.2, 0.25) is 10.0 Å². The number of benzene rings is 3. The van der Waals surface area contributed by atoms with Crippen molar-refractivity contribution in [3.05, 3.63) is 111 Å². The van der Waals surface area contributed by atoms with Crippen molar-refractivity contribution in [2.24, 2.45) is 0 Å². The number of amides is 3.